The van der Waals surface area contributed by atoms with Crippen molar-refractivity contribution in [3.8, 4) is 0 Å². The summed E-state index contributed by atoms with van der Waals surface area (Å²) in [6, 6.07) is 2.98. The van der Waals surface area contributed by atoms with Gasteiger partial charge in [-0.3, -0.25) is 0 Å². The normalized spacial score (nSPS) is 12.7. The third-order valence-electron chi connectivity index (χ3n) is 3.48. The summed E-state index contributed by atoms with van der Waals surface area (Å²) in [5.74, 6) is 5.97. The van der Waals surface area contributed by atoms with Crippen LogP contribution in [-0.4, -0.2) is 19.9 Å². The summed E-state index contributed by atoms with van der Waals surface area (Å²) in [5.41, 5.74) is 2.24. The maximum absolute atomic E-state index is 12.1. The second-order valence-corrected chi connectivity index (χ2v) is 7.26. The highest BCUT2D eigenvalue weighted by atomic mass is 32.2. The third-order valence-corrected chi connectivity index (χ3v) is 4.86. The first kappa shape index (κ1) is 15.9. The molecule has 0 amide bonds. The van der Waals surface area contributed by atoms with Crippen LogP contribution in [0.3, 0.4) is 0 Å². The number of anilines is 1. The number of sulfonamides is 1. The Hall–Kier alpha value is -1.18. The van der Waals surface area contributed by atoms with Crippen molar-refractivity contribution in [2.75, 3.05) is 12.0 Å². The number of hydrogen-bond acceptors (Lipinski definition) is 5. The molecule has 0 bridgehead atoms. The summed E-state index contributed by atoms with van der Waals surface area (Å²) in [6.07, 6.45) is 1.28. The fourth-order valence-electron chi connectivity index (χ4n) is 1.19. The van der Waals surface area contributed by atoms with Crippen molar-refractivity contribution in [2.45, 2.75) is 32.6 Å². The Morgan fingerprint density at radius 3 is 2.42 bits per heavy atom. The van der Waals surface area contributed by atoms with Gasteiger partial charge in [-0.15, -0.1) is 0 Å². The van der Waals surface area contributed by atoms with E-state index in [-0.39, 0.29) is 10.3 Å². The molecule has 0 aliphatic carbocycles. The number of nitrogen functional groups attached to an aromatic ring is 1. The number of hydrazine groups is 1. The van der Waals surface area contributed by atoms with E-state index in [0.717, 1.165) is 0 Å². The molecule has 1 heterocycles. The predicted molar refractivity (Wildman–Crippen MR) is 75.9 cm³/mol. The summed E-state index contributed by atoms with van der Waals surface area (Å²) >= 11 is 0. The molecule has 1 aromatic rings. The molecule has 1 rings (SSSR count). The van der Waals surface area contributed by atoms with Crippen molar-refractivity contribution in [1.82, 2.24) is 9.71 Å². The molecule has 0 unspecified atom stereocenters. The van der Waals surface area contributed by atoms with E-state index in [9.17, 15) is 8.42 Å². The van der Waals surface area contributed by atoms with Crippen LogP contribution in [0.5, 0.6) is 0 Å². The van der Waals surface area contributed by atoms with Crippen LogP contribution in [0.1, 0.15) is 27.7 Å². The first-order chi connectivity index (χ1) is 8.69. The lowest BCUT2D eigenvalue weighted by molar-refractivity contribution is 0.252. The number of hydrogen-bond donors (Lipinski definition) is 3. The fourth-order valence-corrected chi connectivity index (χ4v) is 2.36. The zero-order chi connectivity index (χ0) is 14.7. The number of pyridine rings is 1. The molecule has 6 nitrogen and oxygen atoms in total. The maximum Gasteiger partial charge on any atom is 0.242 e. The van der Waals surface area contributed by atoms with Gasteiger partial charge in [0.2, 0.25) is 10.0 Å². The van der Waals surface area contributed by atoms with Gasteiger partial charge < -0.3 is 5.43 Å². The first-order valence-corrected chi connectivity index (χ1v) is 7.60. The minimum atomic E-state index is -3.53. The molecule has 0 radical (unpaired) electrons. The molecule has 0 spiro atoms. The number of nitrogens with one attached hydrogen (secondary N) is 2. The van der Waals surface area contributed by atoms with Crippen LogP contribution in [0.25, 0.3) is 0 Å². The molecule has 7 heteroatoms. The predicted octanol–water partition coefficient (Wildman–Crippen LogP) is 1.33. The molecule has 0 atom stereocenters. The molecule has 1 aromatic heterocycles. The lowest BCUT2D eigenvalue weighted by Crippen LogP contribution is -2.37. The van der Waals surface area contributed by atoms with Crippen LogP contribution in [0, 0.1) is 11.3 Å². The molecule has 19 heavy (non-hydrogen) atoms. The Morgan fingerprint density at radius 2 is 2.00 bits per heavy atom. The largest absolute Gasteiger partial charge is 0.308 e. The summed E-state index contributed by atoms with van der Waals surface area (Å²) < 4.78 is 26.8. The topological polar surface area (TPSA) is 97.1 Å². The minimum absolute atomic E-state index is 0.112. The molecule has 0 saturated heterocycles. The summed E-state index contributed by atoms with van der Waals surface area (Å²) in [6.45, 7) is 8.57. The molecule has 4 N–H and O–H groups in total. The minimum Gasteiger partial charge on any atom is -0.308 e. The lowest BCUT2D eigenvalue weighted by Gasteiger charge is -2.29. The SMILES string of the molecule is CC(C)C(C)(C)CNS(=O)(=O)c1ccc(NN)nc1. The van der Waals surface area contributed by atoms with E-state index in [1.54, 1.807) is 0 Å². The Bertz CT molecular complexity index is 509. The van der Waals surface area contributed by atoms with Gasteiger partial charge in [-0.2, -0.15) is 0 Å². The Kier molecular flexibility index (Phi) is 4.89. The van der Waals surface area contributed by atoms with Gasteiger partial charge in [0.05, 0.1) is 0 Å². The van der Waals surface area contributed by atoms with Crippen molar-refractivity contribution in [2.24, 2.45) is 17.2 Å². The Morgan fingerprint density at radius 1 is 1.37 bits per heavy atom. The van der Waals surface area contributed by atoms with Crippen molar-refractivity contribution in [3.63, 3.8) is 0 Å². The van der Waals surface area contributed by atoms with Gasteiger partial charge in [-0.1, -0.05) is 27.7 Å². The van der Waals surface area contributed by atoms with Crippen LogP contribution in [0.15, 0.2) is 23.2 Å². The van der Waals surface area contributed by atoms with Crippen molar-refractivity contribution in [1.29, 1.82) is 0 Å². The number of rotatable bonds is 6. The van der Waals surface area contributed by atoms with E-state index in [1.165, 1.54) is 18.3 Å². The molecular weight excluding hydrogens is 264 g/mol. The van der Waals surface area contributed by atoms with Crippen molar-refractivity contribution in [3.05, 3.63) is 18.3 Å². The van der Waals surface area contributed by atoms with Gasteiger partial charge in [-0.25, -0.2) is 24.0 Å². The Balaban J connectivity index is 2.81. The lowest BCUT2D eigenvalue weighted by atomic mass is 9.81. The van der Waals surface area contributed by atoms with Gasteiger partial charge >= 0.3 is 0 Å². The second-order valence-electron chi connectivity index (χ2n) is 5.49. The summed E-state index contributed by atoms with van der Waals surface area (Å²) in [4.78, 5) is 4.02. The van der Waals surface area contributed by atoms with E-state index in [0.29, 0.717) is 18.3 Å². The highest BCUT2D eigenvalue weighted by Crippen LogP contribution is 2.25. The van der Waals surface area contributed by atoms with E-state index >= 15 is 0 Å². The smallest absolute Gasteiger partial charge is 0.242 e. The number of nitrogens with two attached hydrogens (primary N) is 1. The Labute approximate surface area is 114 Å². The third kappa shape index (κ3) is 4.15. The summed E-state index contributed by atoms with van der Waals surface area (Å²) in [7, 11) is -3.53. The maximum atomic E-state index is 12.1. The highest BCUT2D eigenvalue weighted by molar-refractivity contribution is 7.89. The van der Waals surface area contributed by atoms with Gasteiger partial charge in [0.1, 0.15) is 10.7 Å². The zero-order valence-electron chi connectivity index (χ0n) is 11.8. The van der Waals surface area contributed by atoms with Gasteiger partial charge in [0.15, 0.2) is 0 Å². The van der Waals surface area contributed by atoms with Crippen LogP contribution in [0.2, 0.25) is 0 Å². The zero-order valence-corrected chi connectivity index (χ0v) is 12.6. The van der Waals surface area contributed by atoms with Crippen molar-refractivity contribution >= 4 is 15.8 Å². The average Bonchev–Trinajstić information content (AvgIpc) is 2.36. The van der Waals surface area contributed by atoms with Gasteiger partial charge in [0, 0.05) is 12.7 Å². The van der Waals surface area contributed by atoms with E-state index in [2.05, 4.69) is 29.0 Å². The van der Waals surface area contributed by atoms with Crippen LogP contribution >= 0.6 is 0 Å². The molecule has 0 saturated carbocycles. The highest BCUT2D eigenvalue weighted by Gasteiger charge is 2.25. The molecule has 0 aliphatic heterocycles. The molecule has 108 valence electrons. The number of nitrogens with zero attached hydrogens (tertiary/aromatic N) is 1. The van der Waals surface area contributed by atoms with E-state index < -0.39 is 10.0 Å². The van der Waals surface area contributed by atoms with E-state index in [1.807, 2.05) is 13.8 Å². The molecular formula is C12H22N4O2S. The molecule has 0 aromatic carbocycles. The molecule has 0 fully saturated rings. The fraction of sp³-hybridized carbons (Fsp3) is 0.583. The monoisotopic (exact) mass is 286 g/mol. The second kappa shape index (κ2) is 5.85. The number of aromatic nitrogens is 1. The van der Waals surface area contributed by atoms with Gasteiger partial charge in [-0.05, 0) is 23.5 Å². The standard InChI is InChI=1S/C12H22N4O2S/c1-9(2)12(3,4)8-15-19(17,18)10-5-6-11(16-13)14-7-10/h5-7,9,15H,8,13H2,1-4H3,(H,14,16). The van der Waals surface area contributed by atoms with Crippen LogP contribution in [-0.2, 0) is 10.0 Å². The van der Waals surface area contributed by atoms with E-state index in [4.69, 9.17) is 5.84 Å². The molecule has 0 aliphatic rings. The van der Waals surface area contributed by atoms with Crippen LogP contribution in [0.4, 0.5) is 5.82 Å². The first-order valence-electron chi connectivity index (χ1n) is 6.11. The van der Waals surface area contributed by atoms with Crippen molar-refractivity contribution < 1.29 is 8.42 Å². The van der Waals surface area contributed by atoms with Gasteiger partial charge in [0.25, 0.3) is 0 Å². The average molecular weight is 286 g/mol. The quantitative estimate of drug-likeness (QED) is 0.541. The van der Waals surface area contributed by atoms with Crippen LogP contribution < -0.4 is 16.0 Å². The summed E-state index contributed by atoms with van der Waals surface area (Å²) in [5, 5.41) is 0.